The highest BCUT2D eigenvalue weighted by molar-refractivity contribution is 7.22. The number of benzene rings is 8. The highest BCUT2D eigenvalue weighted by Gasteiger charge is 2.53. The standard InChI is InChI=1S/C71H52N2S/c1-6-20-47(21-7-1)49-34-37-54(38-35-49)72(56-39-42-58-57-30-18-19-33-63(57)71(64(58)46-56,51-24-10-3-11-25-51)52-26-12-4-13-27-52)55-40-43-66-62(45-55)67-59-31-16-17-32-60(59)69-68(70(67)74-66)61-41-36-50(48-22-8-2-9-23-48)44-65(61)73(69)53-28-14-5-15-29-53/h1-35,37-40,42-46,58-60,64H,36,41H2. The normalized spacial score (nSPS) is 19.4. The number of fused-ring (bicyclic) bond motifs is 13. The number of aromatic nitrogens is 1. The Hall–Kier alpha value is -8.50. The molecule has 0 saturated heterocycles. The molecular weight excluding hydrogens is 913 g/mol. The van der Waals surface area contributed by atoms with Gasteiger partial charge in [-0.2, -0.15) is 0 Å². The van der Waals surface area contributed by atoms with Gasteiger partial charge in [0.25, 0.3) is 0 Å². The molecule has 0 N–H and O–H groups in total. The summed E-state index contributed by atoms with van der Waals surface area (Å²) < 4.78 is 3.95. The van der Waals surface area contributed by atoms with Gasteiger partial charge in [-0.25, -0.2) is 0 Å². The van der Waals surface area contributed by atoms with Crippen LogP contribution in [0, 0.1) is 5.92 Å². The Balaban J connectivity index is 0.941. The van der Waals surface area contributed by atoms with E-state index in [1.165, 1.54) is 98.9 Å². The van der Waals surface area contributed by atoms with Gasteiger partial charge in [0.05, 0.1) is 11.1 Å². The number of anilines is 2. The second-order valence-electron chi connectivity index (χ2n) is 20.6. The second-order valence-corrected chi connectivity index (χ2v) is 21.6. The van der Waals surface area contributed by atoms with Gasteiger partial charge < -0.3 is 9.47 Å². The van der Waals surface area contributed by atoms with Crippen molar-refractivity contribution in [2.75, 3.05) is 4.90 Å². The molecule has 15 rings (SSSR count). The fourth-order valence-corrected chi connectivity index (χ4v) is 15.1. The minimum atomic E-state index is -0.404. The Labute approximate surface area is 437 Å². The molecule has 10 aromatic rings. The van der Waals surface area contributed by atoms with Crippen molar-refractivity contribution in [3.63, 3.8) is 0 Å². The van der Waals surface area contributed by atoms with Crippen LogP contribution in [0.1, 0.15) is 74.5 Å². The first-order chi connectivity index (χ1) is 36.7. The highest BCUT2D eigenvalue weighted by atomic mass is 32.1. The van der Waals surface area contributed by atoms with Gasteiger partial charge in [0.1, 0.15) is 0 Å². The van der Waals surface area contributed by atoms with Crippen molar-refractivity contribution in [2.45, 2.75) is 36.0 Å². The number of para-hydroxylation sites is 1. The predicted octanol–water partition coefficient (Wildman–Crippen LogP) is 18.2. The van der Waals surface area contributed by atoms with Gasteiger partial charge in [-0.05, 0) is 128 Å². The molecule has 352 valence electrons. The van der Waals surface area contributed by atoms with E-state index >= 15 is 0 Å². The van der Waals surface area contributed by atoms with E-state index in [2.05, 4.69) is 276 Å². The van der Waals surface area contributed by atoms with Crippen LogP contribution in [0.25, 0.3) is 49.0 Å². The molecule has 0 fully saturated rings. The van der Waals surface area contributed by atoms with Crippen molar-refractivity contribution in [1.29, 1.82) is 0 Å². The molecule has 0 spiro atoms. The molecule has 74 heavy (non-hydrogen) atoms. The molecule has 0 aliphatic heterocycles. The topological polar surface area (TPSA) is 8.17 Å². The number of hydrogen-bond acceptors (Lipinski definition) is 2. The molecule has 8 aromatic carbocycles. The summed E-state index contributed by atoms with van der Waals surface area (Å²) in [4.78, 5) is 3.97. The first kappa shape index (κ1) is 43.1. The molecule has 4 unspecified atom stereocenters. The molecule has 2 heterocycles. The average Bonchev–Trinajstić information content (AvgIpc) is 4.23. The van der Waals surface area contributed by atoms with Crippen LogP contribution in [0.2, 0.25) is 0 Å². The van der Waals surface area contributed by atoms with Gasteiger partial charge in [0, 0.05) is 67.3 Å². The molecule has 5 aliphatic rings. The van der Waals surface area contributed by atoms with Crippen LogP contribution in [0.15, 0.2) is 267 Å². The van der Waals surface area contributed by atoms with Gasteiger partial charge in [-0.3, -0.25) is 0 Å². The number of hydrogen-bond donors (Lipinski definition) is 0. The Morgan fingerprint density at radius 3 is 1.85 bits per heavy atom. The minimum Gasteiger partial charge on any atom is -0.313 e. The molecule has 0 radical (unpaired) electrons. The van der Waals surface area contributed by atoms with E-state index in [9.17, 15) is 0 Å². The zero-order valence-electron chi connectivity index (χ0n) is 40.9. The molecule has 2 nitrogen and oxygen atoms in total. The van der Waals surface area contributed by atoms with Crippen molar-refractivity contribution in [3.05, 3.63) is 317 Å². The SMILES string of the molecule is C1=CC2c3c(sc4ccc(N(C5=CC6C(C=C5)c5ccccc5C6(c5ccccc5)c5ccccc5)c5ccc(-c6ccccc6)cc5)cc34)-c3c4c(n(-c5ccccc5)c3C2C=C1)C=C(c1ccccc1)CC4. The van der Waals surface area contributed by atoms with Crippen LogP contribution in [0.4, 0.5) is 11.4 Å². The summed E-state index contributed by atoms with van der Waals surface area (Å²) in [5, 5.41) is 1.35. The summed E-state index contributed by atoms with van der Waals surface area (Å²) >= 11 is 1.99. The fraction of sp³-hybridized carbons (Fsp3) is 0.0986. The lowest BCUT2D eigenvalue weighted by molar-refractivity contribution is 0.454. The van der Waals surface area contributed by atoms with E-state index < -0.39 is 5.41 Å². The average molecular weight is 965 g/mol. The van der Waals surface area contributed by atoms with Gasteiger partial charge in [0.15, 0.2) is 0 Å². The summed E-state index contributed by atoms with van der Waals surface area (Å²) in [7, 11) is 0. The number of rotatable bonds is 8. The molecular formula is C71H52N2S. The third-order valence-electron chi connectivity index (χ3n) is 16.8. The lowest BCUT2D eigenvalue weighted by Crippen LogP contribution is -2.36. The molecule has 3 heteroatoms. The van der Waals surface area contributed by atoms with E-state index in [1.807, 2.05) is 11.3 Å². The summed E-state index contributed by atoms with van der Waals surface area (Å²) in [5.41, 5.74) is 22.0. The number of thiophene rings is 1. The molecule has 0 bridgehead atoms. The predicted molar refractivity (Wildman–Crippen MR) is 310 cm³/mol. The molecule has 0 amide bonds. The first-order valence-electron chi connectivity index (χ1n) is 26.3. The van der Waals surface area contributed by atoms with Crippen LogP contribution in [-0.2, 0) is 11.8 Å². The summed E-state index contributed by atoms with van der Waals surface area (Å²) in [5.74, 6) is 0.682. The quantitative estimate of drug-likeness (QED) is 0.147. The maximum atomic E-state index is 2.62. The lowest BCUT2D eigenvalue weighted by atomic mass is 9.63. The van der Waals surface area contributed by atoms with E-state index in [0.717, 1.165) is 24.2 Å². The third kappa shape index (κ3) is 6.56. The van der Waals surface area contributed by atoms with Crippen molar-refractivity contribution in [2.24, 2.45) is 5.92 Å². The molecule has 5 aliphatic carbocycles. The Morgan fingerprint density at radius 2 is 1.14 bits per heavy atom. The monoisotopic (exact) mass is 964 g/mol. The van der Waals surface area contributed by atoms with E-state index in [-0.39, 0.29) is 23.7 Å². The number of nitrogens with zero attached hydrogens (tertiary/aromatic N) is 2. The summed E-state index contributed by atoms with van der Waals surface area (Å²) in [6, 6.07) is 81.2. The van der Waals surface area contributed by atoms with Crippen molar-refractivity contribution in [1.82, 2.24) is 4.57 Å². The Morgan fingerprint density at radius 1 is 0.527 bits per heavy atom. The first-order valence-corrected chi connectivity index (χ1v) is 27.1. The van der Waals surface area contributed by atoms with Crippen LogP contribution in [-0.4, -0.2) is 4.57 Å². The maximum Gasteiger partial charge on any atom is 0.0526 e. The van der Waals surface area contributed by atoms with Crippen LogP contribution >= 0.6 is 11.3 Å². The van der Waals surface area contributed by atoms with E-state index in [4.69, 9.17) is 0 Å². The summed E-state index contributed by atoms with van der Waals surface area (Å²) in [6.45, 7) is 0. The van der Waals surface area contributed by atoms with Crippen LogP contribution in [0.3, 0.4) is 0 Å². The maximum absolute atomic E-state index is 2.62. The Bertz CT molecular complexity index is 3910. The van der Waals surface area contributed by atoms with Crippen LogP contribution < -0.4 is 4.90 Å². The molecule has 0 saturated carbocycles. The fourth-order valence-electron chi connectivity index (χ4n) is 13.7. The smallest absolute Gasteiger partial charge is 0.0526 e. The molecule has 4 atom stereocenters. The zero-order chi connectivity index (χ0) is 48.7. The van der Waals surface area contributed by atoms with E-state index in [1.54, 1.807) is 0 Å². The highest BCUT2D eigenvalue weighted by Crippen LogP contribution is 2.62. The van der Waals surface area contributed by atoms with Crippen molar-refractivity contribution >= 4 is 44.4 Å². The van der Waals surface area contributed by atoms with Gasteiger partial charge in [0.2, 0.25) is 0 Å². The van der Waals surface area contributed by atoms with Crippen molar-refractivity contribution < 1.29 is 0 Å². The van der Waals surface area contributed by atoms with Crippen molar-refractivity contribution in [3.8, 4) is 27.3 Å². The van der Waals surface area contributed by atoms with E-state index in [0.29, 0.717) is 0 Å². The molecule has 2 aromatic heterocycles. The zero-order valence-corrected chi connectivity index (χ0v) is 41.7. The third-order valence-corrected chi connectivity index (χ3v) is 18.1. The summed E-state index contributed by atoms with van der Waals surface area (Å²) in [6.07, 6.45) is 21.6. The van der Waals surface area contributed by atoms with Gasteiger partial charge in [-0.1, -0.05) is 212 Å². The van der Waals surface area contributed by atoms with Crippen LogP contribution in [0.5, 0.6) is 0 Å². The van der Waals surface area contributed by atoms with Gasteiger partial charge in [-0.15, -0.1) is 11.3 Å². The minimum absolute atomic E-state index is 0.114. The number of allylic oxidation sites excluding steroid dienone is 8. The van der Waals surface area contributed by atoms with Gasteiger partial charge >= 0.3 is 0 Å². The lowest BCUT2D eigenvalue weighted by Gasteiger charge is -2.40. The largest absolute Gasteiger partial charge is 0.313 e. The Kier molecular flexibility index (Phi) is 10.1. The second kappa shape index (κ2) is 17.3.